The van der Waals surface area contributed by atoms with Crippen molar-refractivity contribution in [2.45, 2.75) is 77.0 Å². The number of aromatic nitrogens is 4. The smallest absolute Gasteiger partial charge is 0.303 e. The number of nitrogens with two attached hydrogens (primary N) is 1. The van der Waals surface area contributed by atoms with Gasteiger partial charge in [-0.2, -0.15) is 9.97 Å². The molecule has 0 amide bonds. The van der Waals surface area contributed by atoms with E-state index in [-0.39, 0.29) is 18.4 Å². The molecule has 0 spiro atoms. The summed E-state index contributed by atoms with van der Waals surface area (Å²) in [5.74, 6) is -0.907. The number of imidazole rings is 1. The number of carbonyl (C=O) groups excluding carboxylic acids is 2. The molecule has 0 unspecified atom stereocenters. The first-order chi connectivity index (χ1) is 15.8. The van der Waals surface area contributed by atoms with Crippen molar-refractivity contribution in [1.82, 2.24) is 19.5 Å². The maximum absolute atomic E-state index is 12.2. The van der Waals surface area contributed by atoms with E-state index in [1.54, 1.807) is 4.57 Å². The maximum atomic E-state index is 12.2. The first-order valence-electron chi connectivity index (χ1n) is 10.8. The van der Waals surface area contributed by atoms with Gasteiger partial charge in [0.1, 0.15) is 14.9 Å². The van der Waals surface area contributed by atoms with Gasteiger partial charge in [-0.25, -0.2) is 4.98 Å². The van der Waals surface area contributed by atoms with Crippen LogP contribution in [0.15, 0.2) is 6.33 Å². The van der Waals surface area contributed by atoms with Gasteiger partial charge in [0.25, 0.3) is 0 Å². The second-order valence-corrected chi connectivity index (χ2v) is 12.0. The molecule has 1 fully saturated rings. The molecular formula is C21H32N5O7Si. The fourth-order valence-corrected chi connectivity index (χ4v) is 5.84. The van der Waals surface area contributed by atoms with Crippen molar-refractivity contribution in [3.8, 4) is 5.88 Å². The highest BCUT2D eigenvalue weighted by Crippen LogP contribution is 2.43. The Morgan fingerprint density at radius 2 is 1.85 bits per heavy atom. The molecular weight excluding hydrogens is 462 g/mol. The van der Waals surface area contributed by atoms with Gasteiger partial charge in [0.15, 0.2) is 28.7 Å². The summed E-state index contributed by atoms with van der Waals surface area (Å²) >= 11 is 0. The third-order valence-electron chi connectivity index (χ3n) is 5.31. The largest absolute Gasteiger partial charge is 0.479 e. The quantitative estimate of drug-likeness (QED) is 0.440. The van der Waals surface area contributed by atoms with Crippen LogP contribution >= 0.6 is 0 Å². The molecule has 1 aliphatic heterocycles. The summed E-state index contributed by atoms with van der Waals surface area (Å²) in [5.41, 5.74) is 6.15. The van der Waals surface area contributed by atoms with Gasteiger partial charge in [-0.1, -0.05) is 13.1 Å². The van der Waals surface area contributed by atoms with Gasteiger partial charge in [0, 0.05) is 13.8 Å². The molecule has 2 N–H and O–H groups in total. The lowest BCUT2D eigenvalue weighted by atomic mass is 10.1. The number of ether oxygens (including phenoxy) is 5. The zero-order valence-corrected chi connectivity index (χ0v) is 21.7. The standard InChI is InChI=1S/C21H32N5O7Si/c1-11(27)31-15-13(9-30-20(3,4)5)33-21(34(7)8,16(15)32-12(2)28)26-10-23-14-17(26)24-19(22)25-18(14)29-6/h10,13,15-16H,9H2,1-8H3,(H2,22,24,25)/t13-,15-,16+,21-/m1/s1. The van der Waals surface area contributed by atoms with Crippen LogP contribution in [0.4, 0.5) is 5.95 Å². The molecule has 12 nitrogen and oxygen atoms in total. The Kier molecular flexibility index (Phi) is 7.19. The number of anilines is 1. The SMILES string of the molecule is COc1nc(N)nc2c1ncn2[C@@]1([Si](C)C)O[C@H](COC(C)(C)C)[C@@H](OC(C)=O)[C@@H]1OC(C)=O. The van der Waals surface area contributed by atoms with E-state index in [0.717, 1.165) is 0 Å². The first-order valence-corrected chi connectivity index (χ1v) is 13.3. The van der Waals surface area contributed by atoms with Crippen molar-refractivity contribution in [2.24, 2.45) is 0 Å². The summed E-state index contributed by atoms with van der Waals surface area (Å²) < 4.78 is 31.1. The fourth-order valence-electron chi connectivity index (χ4n) is 4.01. The Labute approximate surface area is 199 Å². The minimum absolute atomic E-state index is 0.0200. The summed E-state index contributed by atoms with van der Waals surface area (Å²) in [6.45, 7) is 12.4. The zero-order valence-electron chi connectivity index (χ0n) is 20.7. The molecule has 3 rings (SSSR count). The summed E-state index contributed by atoms with van der Waals surface area (Å²) in [6, 6.07) is 0. The van der Waals surface area contributed by atoms with Crippen molar-refractivity contribution >= 4 is 37.8 Å². The number of fused-ring (bicyclic) bond motifs is 1. The van der Waals surface area contributed by atoms with Gasteiger partial charge in [-0.3, -0.25) is 14.2 Å². The highest BCUT2D eigenvalue weighted by atomic mass is 28.3. The molecule has 2 aromatic rings. The van der Waals surface area contributed by atoms with E-state index in [1.807, 2.05) is 33.9 Å². The molecule has 0 bridgehead atoms. The van der Waals surface area contributed by atoms with E-state index >= 15 is 0 Å². The number of hydrogen-bond donors (Lipinski definition) is 1. The van der Waals surface area contributed by atoms with Gasteiger partial charge in [0.05, 0.1) is 25.6 Å². The summed E-state index contributed by atoms with van der Waals surface area (Å²) in [7, 11) is -0.0745. The lowest BCUT2D eigenvalue weighted by Crippen LogP contribution is -2.56. The van der Waals surface area contributed by atoms with Crippen molar-refractivity contribution in [1.29, 1.82) is 0 Å². The predicted molar refractivity (Wildman–Crippen MR) is 123 cm³/mol. The molecule has 1 aliphatic rings. The highest BCUT2D eigenvalue weighted by Gasteiger charge is 2.62. The van der Waals surface area contributed by atoms with Crippen LogP contribution in [0.3, 0.4) is 0 Å². The van der Waals surface area contributed by atoms with Gasteiger partial charge in [-0.05, 0) is 20.8 Å². The Bertz CT molecular complexity index is 1070. The molecule has 4 atom stereocenters. The fraction of sp³-hybridized carbons (Fsp3) is 0.667. The number of carbonyl (C=O) groups is 2. The van der Waals surface area contributed by atoms with E-state index in [1.165, 1.54) is 27.3 Å². The number of nitrogen functional groups attached to an aromatic ring is 1. The van der Waals surface area contributed by atoms with E-state index in [9.17, 15) is 9.59 Å². The zero-order chi connectivity index (χ0) is 25.4. The number of methoxy groups -OCH3 is 1. The molecule has 1 saturated heterocycles. The highest BCUT2D eigenvalue weighted by molar-refractivity contribution is 6.58. The number of hydrogen-bond acceptors (Lipinski definition) is 11. The Balaban J connectivity index is 2.24. The van der Waals surface area contributed by atoms with E-state index in [4.69, 9.17) is 29.4 Å². The summed E-state index contributed by atoms with van der Waals surface area (Å²) in [5, 5.41) is -1.26. The molecule has 3 heterocycles. The van der Waals surface area contributed by atoms with Crippen molar-refractivity contribution < 1.29 is 33.3 Å². The minimum Gasteiger partial charge on any atom is -0.479 e. The predicted octanol–water partition coefficient (Wildman–Crippen LogP) is 1.44. The van der Waals surface area contributed by atoms with E-state index < -0.39 is 50.0 Å². The number of rotatable bonds is 7. The van der Waals surface area contributed by atoms with Crippen LogP contribution in [0.5, 0.6) is 5.88 Å². The second kappa shape index (κ2) is 9.47. The molecule has 187 valence electrons. The second-order valence-electron chi connectivity index (χ2n) is 9.26. The molecule has 0 aromatic carbocycles. The molecule has 1 radical (unpaired) electrons. The van der Waals surface area contributed by atoms with Gasteiger partial charge in [-0.15, -0.1) is 0 Å². The van der Waals surface area contributed by atoms with E-state index in [2.05, 4.69) is 15.0 Å². The lowest BCUT2D eigenvalue weighted by Gasteiger charge is -2.38. The summed E-state index contributed by atoms with van der Waals surface area (Å²) in [4.78, 5) is 37.2. The monoisotopic (exact) mass is 494 g/mol. The van der Waals surface area contributed by atoms with E-state index in [0.29, 0.717) is 11.2 Å². The van der Waals surface area contributed by atoms with Gasteiger partial charge in [0.2, 0.25) is 11.8 Å². The summed E-state index contributed by atoms with van der Waals surface area (Å²) in [6.07, 6.45) is -1.13. The Morgan fingerprint density at radius 1 is 1.21 bits per heavy atom. The molecule has 0 saturated carbocycles. The van der Waals surface area contributed by atoms with Crippen molar-refractivity contribution in [2.75, 3.05) is 19.5 Å². The van der Waals surface area contributed by atoms with Gasteiger partial charge >= 0.3 is 11.9 Å². The number of nitrogens with zero attached hydrogens (tertiary/aromatic N) is 4. The normalized spacial score (nSPS) is 25.0. The number of esters is 2. The van der Waals surface area contributed by atoms with Crippen molar-refractivity contribution in [3.05, 3.63) is 6.33 Å². The maximum Gasteiger partial charge on any atom is 0.303 e. The molecule has 13 heteroatoms. The van der Waals surface area contributed by atoms with Crippen LogP contribution in [-0.4, -0.2) is 77.9 Å². The van der Waals surface area contributed by atoms with Crippen LogP contribution < -0.4 is 10.5 Å². The Morgan fingerprint density at radius 3 is 2.38 bits per heavy atom. The average molecular weight is 495 g/mol. The molecule has 0 aliphatic carbocycles. The third kappa shape index (κ3) is 4.86. The van der Waals surface area contributed by atoms with Crippen LogP contribution in [-0.2, 0) is 33.9 Å². The topological polar surface area (TPSA) is 150 Å². The van der Waals surface area contributed by atoms with Crippen LogP contribution in [0.25, 0.3) is 11.2 Å². The third-order valence-corrected chi connectivity index (χ3v) is 7.38. The Hall–Kier alpha value is -2.77. The van der Waals surface area contributed by atoms with Crippen LogP contribution in [0.2, 0.25) is 13.1 Å². The average Bonchev–Trinajstić information content (AvgIpc) is 3.25. The van der Waals surface area contributed by atoms with Crippen LogP contribution in [0.1, 0.15) is 34.6 Å². The van der Waals surface area contributed by atoms with Crippen molar-refractivity contribution in [3.63, 3.8) is 0 Å². The molecule has 2 aromatic heterocycles. The lowest BCUT2D eigenvalue weighted by molar-refractivity contribution is -0.168. The van der Waals surface area contributed by atoms with Gasteiger partial charge < -0.3 is 29.4 Å². The van der Waals surface area contributed by atoms with Crippen LogP contribution in [0, 0.1) is 0 Å². The molecule has 34 heavy (non-hydrogen) atoms. The minimum atomic E-state index is -1.53. The first kappa shape index (κ1) is 25.8.